The molecular weight excluding hydrogens is 214 g/mol. The second-order valence-electron chi connectivity index (χ2n) is 4.07. The molecule has 0 bridgehead atoms. The number of aliphatic carboxylic acids is 1. The molecule has 0 aromatic rings. The van der Waals surface area contributed by atoms with Crippen molar-refractivity contribution in [2.24, 2.45) is 0 Å². The van der Waals surface area contributed by atoms with Crippen LogP contribution in [-0.4, -0.2) is 61.3 Å². The Balaban J connectivity index is 2.20. The lowest BCUT2D eigenvalue weighted by Gasteiger charge is -2.26. The Morgan fingerprint density at radius 3 is 2.94 bits per heavy atom. The first-order valence-corrected chi connectivity index (χ1v) is 5.31. The molecular formula is C10H19NO5. The molecule has 1 aliphatic rings. The maximum absolute atomic E-state index is 10.3. The van der Waals surface area contributed by atoms with Gasteiger partial charge in [-0.2, -0.15) is 0 Å². The van der Waals surface area contributed by atoms with Crippen LogP contribution in [-0.2, 0) is 14.3 Å². The molecule has 1 fully saturated rings. The van der Waals surface area contributed by atoms with Crippen LogP contribution in [0.25, 0.3) is 0 Å². The Hall–Kier alpha value is -0.690. The summed E-state index contributed by atoms with van der Waals surface area (Å²) in [6, 6.07) is 0. The predicted octanol–water partition coefficient (Wildman–Crippen LogP) is -0.783. The van der Waals surface area contributed by atoms with Gasteiger partial charge in [-0.05, 0) is 0 Å². The summed E-state index contributed by atoms with van der Waals surface area (Å²) in [6.07, 6.45) is -0.302. The van der Waals surface area contributed by atoms with Gasteiger partial charge in [-0.3, -0.25) is 4.79 Å². The van der Waals surface area contributed by atoms with Gasteiger partial charge in [-0.15, -0.1) is 0 Å². The molecule has 94 valence electrons. The summed E-state index contributed by atoms with van der Waals surface area (Å²) >= 11 is 0. The van der Waals surface area contributed by atoms with Crippen molar-refractivity contribution < 1.29 is 24.5 Å². The first-order chi connectivity index (χ1) is 7.58. The topological polar surface area (TPSA) is 88.0 Å². The Morgan fingerprint density at radius 1 is 1.69 bits per heavy atom. The third kappa shape index (κ3) is 4.05. The Labute approximate surface area is 94.5 Å². The monoisotopic (exact) mass is 233 g/mol. The van der Waals surface area contributed by atoms with Gasteiger partial charge < -0.3 is 25.0 Å². The number of ether oxygens (including phenoxy) is 2. The second kappa shape index (κ2) is 6.15. The van der Waals surface area contributed by atoms with Crippen molar-refractivity contribution in [1.82, 2.24) is 5.32 Å². The van der Waals surface area contributed by atoms with E-state index in [1.165, 1.54) is 0 Å². The van der Waals surface area contributed by atoms with E-state index in [0.717, 1.165) is 6.42 Å². The fraction of sp³-hybridized carbons (Fsp3) is 0.900. The molecule has 1 aliphatic heterocycles. The van der Waals surface area contributed by atoms with Crippen molar-refractivity contribution >= 4 is 5.97 Å². The van der Waals surface area contributed by atoms with E-state index in [4.69, 9.17) is 14.6 Å². The second-order valence-corrected chi connectivity index (χ2v) is 4.07. The van der Waals surface area contributed by atoms with Crippen molar-refractivity contribution in [3.05, 3.63) is 0 Å². The third-order valence-electron chi connectivity index (χ3n) is 2.74. The van der Waals surface area contributed by atoms with Crippen LogP contribution in [0.3, 0.4) is 0 Å². The molecule has 6 nitrogen and oxygen atoms in total. The van der Waals surface area contributed by atoms with Crippen LogP contribution in [0.5, 0.6) is 0 Å². The molecule has 0 amide bonds. The molecule has 6 heteroatoms. The highest BCUT2D eigenvalue weighted by Gasteiger charge is 2.34. The highest BCUT2D eigenvalue weighted by molar-refractivity contribution is 5.67. The van der Waals surface area contributed by atoms with Gasteiger partial charge in [-0.1, -0.05) is 0 Å². The molecule has 16 heavy (non-hydrogen) atoms. The number of carboxylic acids is 1. The van der Waals surface area contributed by atoms with Crippen molar-refractivity contribution in [2.45, 2.75) is 24.5 Å². The number of hydrogen-bond acceptors (Lipinski definition) is 5. The first kappa shape index (κ1) is 13.4. The standard InChI is InChI=1S/C10H19NO5/c1-15-10(2-3-16-7-10)6-11-5-8(12)4-9(13)14/h8,11-12H,2-7H2,1H3,(H,13,14). The van der Waals surface area contributed by atoms with Crippen LogP contribution in [0, 0.1) is 0 Å². The summed E-state index contributed by atoms with van der Waals surface area (Å²) in [7, 11) is 1.63. The van der Waals surface area contributed by atoms with Crippen LogP contribution in [0.4, 0.5) is 0 Å². The summed E-state index contributed by atoms with van der Waals surface area (Å²) in [5.74, 6) is -1.00. The van der Waals surface area contributed by atoms with Crippen LogP contribution in [0.15, 0.2) is 0 Å². The van der Waals surface area contributed by atoms with Gasteiger partial charge in [-0.25, -0.2) is 0 Å². The zero-order valence-corrected chi connectivity index (χ0v) is 9.44. The number of nitrogens with one attached hydrogen (secondary N) is 1. The molecule has 0 aliphatic carbocycles. The Morgan fingerprint density at radius 2 is 2.44 bits per heavy atom. The zero-order valence-electron chi connectivity index (χ0n) is 9.44. The average molecular weight is 233 g/mol. The van der Waals surface area contributed by atoms with E-state index in [1.807, 2.05) is 0 Å². The minimum Gasteiger partial charge on any atom is -0.481 e. The predicted molar refractivity (Wildman–Crippen MR) is 56.3 cm³/mol. The van der Waals surface area contributed by atoms with E-state index in [-0.39, 0.29) is 18.6 Å². The minimum atomic E-state index is -1.00. The average Bonchev–Trinajstić information content (AvgIpc) is 2.66. The van der Waals surface area contributed by atoms with Gasteiger partial charge in [0.1, 0.15) is 5.60 Å². The lowest BCUT2D eigenvalue weighted by molar-refractivity contribution is -0.139. The molecule has 0 radical (unpaired) electrons. The summed E-state index contributed by atoms with van der Waals surface area (Å²) in [5, 5.41) is 20.8. The molecule has 0 aromatic heterocycles. The van der Waals surface area contributed by atoms with Gasteiger partial charge in [0.15, 0.2) is 0 Å². The molecule has 1 saturated heterocycles. The largest absolute Gasteiger partial charge is 0.481 e. The number of methoxy groups -OCH3 is 1. The van der Waals surface area contributed by atoms with E-state index in [2.05, 4.69) is 5.32 Å². The molecule has 0 saturated carbocycles. The van der Waals surface area contributed by atoms with Crippen LogP contribution >= 0.6 is 0 Å². The summed E-state index contributed by atoms with van der Waals surface area (Å²) < 4.78 is 10.6. The molecule has 2 atom stereocenters. The number of carbonyl (C=O) groups is 1. The highest BCUT2D eigenvalue weighted by atomic mass is 16.5. The number of aliphatic hydroxyl groups excluding tert-OH is 1. The Bertz CT molecular complexity index is 227. The van der Waals surface area contributed by atoms with Gasteiger partial charge in [0.25, 0.3) is 0 Å². The molecule has 1 heterocycles. The molecule has 1 rings (SSSR count). The number of hydrogen-bond donors (Lipinski definition) is 3. The van der Waals surface area contributed by atoms with E-state index in [1.54, 1.807) is 7.11 Å². The van der Waals surface area contributed by atoms with Gasteiger partial charge in [0.2, 0.25) is 0 Å². The Kier molecular flexibility index (Phi) is 5.14. The smallest absolute Gasteiger partial charge is 0.306 e. The summed E-state index contributed by atoms with van der Waals surface area (Å²) in [6.45, 7) is 2.01. The lowest BCUT2D eigenvalue weighted by Crippen LogP contribution is -2.45. The number of carboxylic acid groups (broad SMARTS) is 1. The normalized spacial score (nSPS) is 26.9. The van der Waals surface area contributed by atoms with Gasteiger partial charge in [0.05, 0.1) is 19.1 Å². The van der Waals surface area contributed by atoms with E-state index < -0.39 is 12.1 Å². The van der Waals surface area contributed by atoms with Gasteiger partial charge >= 0.3 is 5.97 Å². The number of aliphatic hydroxyl groups is 1. The van der Waals surface area contributed by atoms with E-state index in [0.29, 0.717) is 19.8 Å². The quantitative estimate of drug-likeness (QED) is 0.534. The van der Waals surface area contributed by atoms with Crippen LogP contribution in [0.2, 0.25) is 0 Å². The minimum absolute atomic E-state index is 0.247. The maximum Gasteiger partial charge on any atom is 0.306 e. The van der Waals surface area contributed by atoms with Crippen molar-refractivity contribution in [3.8, 4) is 0 Å². The van der Waals surface area contributed by atoms with Crippen LogP contribution in [0.1, 0.15) is 12.8 Å². The summed E-state index contributed by atoms with van der Waals surface area (Å²) in [5.41, 5.74) is -0.330. The highest BCUT2D eigenvalue weighted by Crippen LogP contribution is 2.21. The van der Waals surface area contributed by atoms with Crippen LogP contribution < -0.4 is 5.32 Å². The molecule has 0 spiro atoms. The summed E-state index contributed by atoms with van der Waals surface area (Å²) in [4.78, 5) is 10.3. The van der Waals surface area contributed by atoms with E-state index in [9.17, 15) is 9.90 Å². The SMILES string of the molecule is COC1(CNCC(O)CC(=O)O)CCOC1. The maximum atomic E-state index is 10.3. The van der Waals surface area contributed by atoms with Crippen molar-refractivity contribution in [1.29, 1.82) is 0 Å². The fourth-order valence-corrected chi connectivity index (χ4v) is 1.70. The van der Waals surface area contributed by atoms with Crippen molar-refractivity contribution in [2.75, 3.05) is 33.4 Å². The van der Waals surface area contributed by atoms with Crippen molar-refractivity contribution in [3.63, 3.8) is 0 Å². The molecule has 0 aromatic carbocycles. The molecule has 3 N–H and O–H groups in total. The van der Waals surface area contributed by atoms with Gasteiger partial charge in [0, 0.05) is 33.2 Å². The lowest BCUT2D eigenvalue weighted by atomic mass is 10.0. The first-order valence-electron chi connectivity index (χ1n) is 5.31. The third-order valence-corrected chi connectivity index (χ3v) is 2.74. The fourth-order valence-electron chi connectivity index (χ4n) is 1.70. The van der Waals surface area contributed by atoms with E-state index >= 15 is 0 Å². The molecule has 2 unspecified atom stereocenters. The zero-order chi connectivity index (χ0) is 12.0. The number of rotatable bonds is 7.